The number of benzene rings is 1. The zero-order chi connectivity index (χ0) is 15.1. The molecule has 21 heavy (non-hydrogen) atoms. The van der Waals surface area contributed by atoms with E-state index in [1.165, 1.54) is 20.6 Å². The van der Waals surface area contributed by atoms with Crippen LogP contribution in [0.1, 0.15) is 37.1 Å². The highest BCUT2D eigenvalue weighted by molar-refractivity contribution is 9.11. The van der Waals surface area contributed by atoms with E-state index < -0.39 is 0 Å². The van der Waals surface area contributed by atoms with E-state index in [2.05, 4.69) is 77.6 Å². The van der Waals surface area contributed by atoms with Crippen LogP contribution in [0.2, 0.25) is 0 Å². The van der Waals surface area contributed by atoms with Gasteiger partial charge in [0.1, 0.15) is 0 Å². The Bertz CT molecular complexity index is 537. The van der Waals surface area contributed by atoms with E-state index in [4.69, 9.17) is 0 Å². The molecule has 0 saturated heterocycles. The summed E-state index contributed by atoms with van der Waals surface area (Å²) in [5.74, 6) is 0. The Kier molecular flexibility index (Phi) is 6.46. The Morgan fingerprint density at radius 2 is 1.86 bits per heavy atom. The molecule has 1 aromatic carbocycles. The summed E-state index contributed by atoms with van der Waals surface area (Å²) in [6.07, 6.45) is 3.42. The van der Waals surface area contributed by atoms with Gasteiger partial charge in [-0.15, -0.1) is 11.3 Å². The van der Waals surface area contributed by atoms with Gasteiger partial charge >= 0.3 is 0 Å². The van der Waals surface area contributed by atoms with Crippen LogP contribution in [0.25, 0.3) is 0 Å². The molecule has 114 valence electrons. The van der Waals surface area contributed by atoms with Gasteiger partial charge in [-0.25, -0.2) is 0 Å². The van der Waals surface area contributed by atoms with Crippen LogP contribution in [0, 0.1) is 0 Å². The molecule has 1 unspecified atom stereocenters. The lowest BCUT2D eigenvalue weighted by atomic mass is 9.75. The minimum absolute atomic E-state index is 0.181. The van der Waals surface area contributed by atoms with Gasteiger partial charge in [0.05, 0.1) is 3.79 Å². The van der Waals surface area contributed by atoms with E-state index in [0.29, 0.717) is 0 Å². The van der Waals surface area contributed by atoms with Crippen LogP contribution in [0.4, 0.5) is 0 Å². The van der Waals surface area contributed by atoms with Gasteiger partial charge < -0.3 is 5.32 Å². The Labute approximate surface area is 140 Å². The fourth-order valence-corrected chi connectivity index (χ4v) is 4.42. The van der Waals surface area contributed by atoms with Crippen LogP contribution >= 0.6 is 27.3 Å². The number of halogens is 1. The second-order valence-corrected chi connectivity index (χ2v) is 8.11. The number of nitrogens with one attached hydrogen (secondary N) is 1. The quantitative estimate of drug-likeness (QED) is 0.617. The Hall–Kier alpha value is -0.640. The maximum Gasteiger partial charge on any atom is 0.0701 e. The molecular formula is C18H24BrNS. The Balaban J connectivity index is 2.27. The molecule has 0 aliphatic rings. The highest BCUT2D eigenvalue weighted by Gasteiger charge is 2.30. The van der Waals surface area contributed by atoms with Gasteiger partial charge in [-0.3, -0.25) is 0 Å². The van der Waals surface area contributed by atoms with Gasteiger partial charge in [-0.2, -0.15) is 0 Å². The fraction of sp³-hybridized carbons (Fsp3) is 0.444. The van der Waals surface area contributed by atoms with Crippen molar-refractivity contribution in [2.45, 2.75) is 38.5 Å². The Morgan fingerprint density at radius 1 is 1.10 bits per heavy atom. The van der Waals surface area contributed by atoms with Crippen LogP contribution in [0.5, 0.6) is 0 Å². The lowest BCUT2D eigenvalue weighted by Crippen LogP contribution is -2.39. The topological polar surface area (TPSA) is 12.0 Å². The first-order valence-corrected chi connectivity index (χ1v) is 9.31. The molecule has 3 heteroatoms. The average molecular weight is 366 g/mol. The maximum atomic E-state index is 3.65. The normalized spacial score (nSPS) is 14.0. The van der Waals surface area contributed by atoms with Gasteiger partial charge in [0, 0.05) is 16.8 Å². The number of hydrogen-bond donors (Lipinski definition) is 1. The average Bonchev–Trinajstić information content (AvgIpc) is 2.92. The van der Waals surface area contributed by atoms with Crippen molar-refractivity contribution in [1.29, 1.82) is 0 Å². The van der Waals surface area contributed by atoms with Gasteiger partial charge in [-0.1, -0.05) is 44.2 Å². The smallest absolute Gasteiger partial charge is 0.0701 e. The van der Waals surface area contributed by atoms with E-state index in [1.54, 1.807) is 0 Å². The molecule has 0 spiro atoms. The third-order valence-electron chi connectivity index (χ3n) is 4.09. The summed E-state index contributed by atoms with van der Waals surface area (Å²) in [6.45, 7) is 6.66. The van der Waals surface area contributed by atoms with E-state index in [9.17, 15) is 0 Å². The van der Waals surface area contributed by atoms with Crippen molar-refractivity contribution in [3.8, 4) is 0 Å². The molecule has 0 bridgehead atoms. The lowest BCUT2D eigenvalue weighted by Gasteiger charge is -2.34. The van der Waals surface area contributed by atoms with E-state index in [0.717, 1.165) is 25.9 Å². The molecule has 1 nitrogen and oxygen atoms in total. The molecule has 0 amide bonds. The van der Waals surface area contributed by atoms with E-state index >= 15 is 0 Å². The van der Waals surface area contributed by atoms with Crippen molar-refractivity contribution in [1.82, 2.24) is 5.32 Å². The van der Waals surface area contributed by atoms with Crippen LogP contribution < -0.4 is 5.32 Å². The number of rotatable bonds is 8. The summed E-state index contributed by atoms with van der Waals surface area (Å²) in [7, 11) is 0. The third-order valence-corrected chi connectivity index (χ3v) is 5.72. The van der Waals surface area contributed by atoms with Crippen LogP contribution in [-0.2, 0) is 11.8 Å². The predicted molar refractivity (Wildman–Crippen MR) is 97.3 cm³/mol. The molecule has 1 heterocycles. The second-order valence-electron chi connectivity index (χ2n) is 5.56. The maximum absolute atomic E-state index is 3.65. The van der Waals surface area contributed by atoms with Crippen molar-refractivity contribution >= 4 is 27.3 Å². The molecule has 2 rings (SSSR count). The summed E-state index contributed by atoms with van der Waals surface area (Å²) >= 11 is 5.44. The highest BCUT2D eigenvalue weighted by Crippen LogP contribution is 2.35. The molecular weight excluding hydrogens is 342 g/mol. The molecule has 1 N–H and O–H groups in total. The van der Waals surface area contributed by atoms with Gasteiger partial charge in [0.2, 0.25) is 0 Å². The summed E-state index contributed by atoms with van der Waals surface area (Å²) in [5, 5.41) is 3.65. The molecule has 0 saturated carbocycles. The van der Waals surface area contributed by atoms with Crippen molar-refractivity contribution in [3.63, 3.8) is 0 Å². The highest BCUT2D eigenvalue weighted by atomic mass is 79.9. The summed E-state index contributed by atoms with van der Waals surface area (Å²) in [4.78, 5) is 1.45. The number of hydrogen-bond acceptors (Lipinski definition) is 2. The minimum atomic E-state index is 0.181. The molecule has 1 aromatic heterocycles. The lowest BCUT2D eigenvalue weighted by molar-refractivity contribution is 0.380. The predicted octanol–water partition coefficient (Wildman–Crippen LogP) is 5.40. The molecule has 0 fully saturated rings. The van der Waals surface area contributed by atoms with E-state index in [1.807, 2.05) is 11.3 Å². The molecule has 0 radical (unpaired) electrons. The van der Waals surface area contributed by atoms with Crippen molar-refractivity contribution in [3.05, 3.63) is 56.7 Å². The zero-order valence-electron chi connectivity index (χ0n) is 12.9. The molecule has 2 aromatic rings. The monoisotopic (exact) mass is 365 g/mol. The van der Waals surface area contributed by atoms with Crippen molar-refractivity contribution < 1.29 is 0 Å². The van der Waals surface area contributed by atoms with Crippen LogP contribution in [0.3, 0.4) is 0 Å². The summed E-state index contributed by atoms with van der Waals surface area (Å²) in [5.41, 5.74) is 1.63. The van der Waals surface area contributed by atoms with Crippen molar-refractivity contribution in [2.24, 2.45) is 0 Å². The minimum Gasteiger partial charge on any atom is -0.316 e. The number of thiophene rings is 1. The fourth-order valence-electron chi connectivity index (χ4n) is 2.80. The first-order chi connectivity index (χ1) is 10.2. The van der Waals surface area contributed by atoms with Crippen LogP contribution in [-0.4, -0.2) is 13.1 Å². The zero-order valence-corrected chi connectivity index (χ0v) is 15.3. The first-order valence-electron chi connectivity index (χ1n) is 7.70. The molecule has 0 aliphatic carbocycles. The summed E-state index contributed by atoms with van der Waals surface area (Å²) in [6, 6.07) is 15.4. The van der Waals surface area contributed by atoms with E-state index in [-0.39, 0.29) is 5.41 Å². The first kappa shape index (κ1) is 16.7. The SMILES string of the molecule is CCCNCC(CC)(Cc1ccc(Br)s1)c1ccccc1. The van der Waals surface area contributed by atoms with Gasteiger partial charge in [-0.05, 0) is 59.4 Å². The third kappa shape index (κ3) is 4.41. The van der Waals surface area contributed by atoms with Gasteiger partial charge in [0.15, 0.2) is 0 Å². The van der Waals surface area contributed by atoms with Gasteiger partial charge in [0.25, 0.3) is 0 Å². The van der Waals surface area contributed by atoms with Crippen molar-refractivity contribution in [2.75, 3.05) is 13.1 Å². The molecule has 0 aliphatic heterocycles. The largest absolute Gasteiger partial charge is 0.316 e. The summed E-state index contributed by atoms with van der Waals surface area (Å²) < 4.78 is 1.22. The Morgan fingerprint density at radius 3 is 2.43 bits per heavy atom. The molecule has 1 atom stereocenters. The second kappa shape index (κ2) is 8.11. The standard InChI is InChI=1S/C18H24BrNS/c1-3-12-20-14-18(4-2,15-8-6-5-7-9-15)13-16-10-11-17(19)21-16/h5-11,20H,3-4,12-14H2,1-2H3. The van der Waals surface area contributed by atoms with Crippen LogP contribution in [0.15, 0.2) is 46.3 Å².